The standard InChI is InChI=1S/C28H23NO5/c1-32-25-13-7-8-14-26(25)33-19-20-15-17-21(18-16-20)28(31)34-24-12-6-5-11-23(24)27(30)29-22-9-3-2-4-10-22/h2-18H,19H2,1H3,(H,29,30). The highest BCUT2D eigenvalue weighted by Gasteiger charge is 2.16. The summed E-state index contributed by atoms with van der Waals surface area (Å²) in [5, 5.41) is 2.80. The zero-order chi connectivity index (χ0) is 23.8. The zero-order valence-electron chi connectivity index (χ0n) is 18.6. The number of para-hydroxylation sites is 4. The maximum atomic E-state index is 12.7. The van der Waals surface area contributed by atoms with Gasteiger partial charge >= 0.3 is 5.97 Å². The van der Waals surface area contributed by atoms with Gasteiger partial charge in [0.15, 0.2) is 11.5 Å². The number of carbonyl (C=O) groups excluding carboxylic acids is 2. The minimum absolute atomic E-state index is 0.185. The first kappa shape index (κ1) is 22.6. The molecule has 0 saturated carbocycles. The van der Waals surface area contributed by atoms with Gasteiger partial charge in [-0.15, -0.1) is 0 Å². The molecular formula is C28H23NO5. The van der Waals surface area contributed by atoms with E-state index in [1.54, 1.807) is 67.8 Å². The summed E-state index contributed by atoms with van der Waals surface area (Å²) in [6, 6.07) is 30.0. The third kappa shape index (κ3) is 5.61. The number of nitrogens with one attached hydrogen (secondary N) is 1. The Labute approximate surface area is 197 Å². The molecule has 170 valence electrons. The highest BCUT2D eigenvalue weighted by atomic mass is 16.5. The predicted octanol–water partition coefficient (Wildman–Crippen LogP) is 5.75. The van der Waals surface area contributed by atoms with Crippen molar-refractivity contribution in [3.05, 3.63) is 120 Å². The van der Waals surface area contributed by atoms with E-state index in [9.17, 15) is 9.59 Å². The Hall–Kier alpha value is -4.58. The first-order valence-electron chi connectivity index (χ1n) is 10.7. The second kappa shape index (κ2) is 10.8. The molecule has 34 heavy (non-hydrogen) atoms. The molecule has 0 atom stereocenters. The van der Waals surface area contributed by atoms with Crippen molar-refractivity contribution in [2.45, 2.75) is 6.61 Å². The molecule has 0 aliphatic rings. The number of benzene rings is 4. The second-order valence-electron chi connectivity index (χ2n) is 7.34. The van der Waals surface area contributed by atoms with E-state index in [1.807, 2.05) is 42.5 Å². The molecule has 0 radical (unpaired) electrons. The third-order valence-electron chi connectivity index (χ3n) is 5.02. The number of hydrogen-bond acceptors (Lipinski definition) is 5. The number of anilines is 1. The molecule has 0 bridgehead atoms. The number of esters is 1. The first-order chi connectivity index (χ1) is 16.6. The molecule has 0 aromatic heterocycles. The van der Waals surface area contributed by atoms with Gasteiger partial charge in [0.25, 0.3) is 5.91 Å². The number of hydrogen-bond donors (Lipinski definition) is 1. The molecule has 0 aliphatic carbocycles. The molecule has 6 heteroatoms. The molecule has 0 heterocycles. The lowest BCUT2D eigenvalue weighted by atomic mass is 10.1. The Morgan fingerprint density at radius 1 is 0.706 bits per heavy atom. The Balaban J connectivity index is 1.41. The summed E-state index contributed by atoms with van der Waals surface area (Å²) in [5.41, 5.74) is 2.16. The molecule has 4 aromatic rings. The SMILES string of the molecule is COc1ccccc1OCc1ccc(C(=O)Oc2ccccc2C(=O)Nc2ccccc2)cc1. The third-order valence-corrected chi connectivity index (χ3v) is 5.02. The Morgan fingerprint density at radius 2 is 1.32 bits per heavy atom. The fourth-order valence-corrected chi connectivity index (χ4v) is 3.26. The van der Waals surface area contributed by atoms with Gasteiger partial charge in [0.05, 0.1) is 18.2 Å². The Morgan fingerprint density at radius 3 is 2.03 bits per heavy atom. The molecule has 0 saturated heterocycles. The van der Waals surface area contributed by atoms with Crippen molar-refractivity contribution >= 4 is 17.6 Å². The van der Waals surface area contributed by atoms with E-state index in [0.29, 0.717) is 29.4 Å². The van der Waals surface area contributed by atoms with E-state index in [2.05, 4.69) is 5.32 Å². The van der Waals surface area contributed by atoms with Crippen molar-refractivity contribution in [2.24, 2.45) is 0 Å². The van der Waals surface area contributed by atoms with Crippen LogP contribution in [0.1, 0.15) is 26.3 Å². The summed E-state index contributed by atoms with van der Waals surface area (Å²) in [7, 11) is 1.59. The van der Waals surface area contributed by atoms with Gasteiger partial charge in [-0.3, -0.25) is 4.79 Å². The molecule has 0 fully saturated rings. The monoisotopic (exact) mass is 453 g/mol. The molecule has 4 rings (SSSR count). The van der Waals surface area contributed by atoms with E-state index in [1.165, 1.54) is 0 Å². The average molecular weight is 453 g/mol. The molecule has 6 nitrogen and oxygen atoms in total. The van der Waals surface area contributed by atoms with Crippen molar-refractivity contribution in [1.82, 2.24) is 0 Å². The number of rotatable bonds is 8. The van der Waals surface area contributed by atoms with Crippen LogP contribution in [0.4, 0.5) is 5.69 Å². The van der Waals surface area contributed by atoms with Crippen molar-refractivity contribution in [2.75, 3.05) is 12.4 Å². The Kier molecular flexibility index (Phi) is 7.20. The van der Waals surface area contributed by atoms with E-state index in [0.717, 1.165) is 5.56 Å². The topological polar surface area (TPSA) is 73.9 Å². The van der Waals surface area contributed by atoms with Crippen LogP contribution >= 0.6 is 0 Å². The quantitative estimate of drug-likeness (QED) is 0.272. The number of ether oxygens (including phenoxy) is 3. The number of methoxy groups -OCH3 is 1. The average Bonchev–Trinajstić information content (AvgIpc) is 2.88. The van der Waals surface area contributed by atoms with Gasteiger partial charge in [-0.25, -0.2) is 4.79 Å². The number of amides is 1. The van der Waals surface area contributed by atoms with Crippen molar-refractivity contribution in [1.29, 1.82) is 0 Å². The van der Waals surface area contributed by atoms with E-state index < -0.39 is 5.97 Å². The molecular weight excluding hydrogens is 430 g/mol. The minimum atomic E-state index is -0.558. The minimum Gasteiger partial charge on any atom is -0.493 e. The highest BCUT2D eigenvalue weighted by Crippen LogP contribution is 2.27. The fraction of sp³-hybridized carbons (Fsp3) is 0.0714. The summed E-state index contributed by atoms with van der Waals surface area (Å²) in [6.45, 7) is 0.318. The van der Waals surface area contributed by atoms with E-state index in [-0.39, 0.29) is 17.2 Å². The van der Waals surface area contributed by atoms with Crippen LogP contribution in [0.15, 0.2) is 103 Å². The van der Waals surface area contributed by atoms with Crippen LogP contribution in [0.2, 0.25) is 0 Å². The summed E-state index contributed by atoms with van der Waals surface area (Å²) in [4.78, 5) is 25.4. The Bertz CT molecular complexity index is 1270. The van der Waals surface area contributed by atoms with Crippen molar-refractivity contribution in [3.63, 3.8) is 0 Å². The van der Waals surface area contributed by atoms with E-state index in [4.69, 9.17) is 14.2 Å². The van der Waals surface area contributed by atoms with Crippen LogP contribution in [0.5, 0.6) is 17.2 Å². The van der Waals surface area contributed by atoms with Crippen molar-refractivity contribution < 1.29 is 23.8 Å². The fourth-order valence-electron chi connectivity index (χ4n) is 3.26. The summed E-state index contributed by atoms with van der Waals surface area (Å²) >= 11 is 0. The summed E-state index contributed by atoms with van der Waals surface area (Å²) < 4.78 is 16.6. The molecule has 0 spiro atoms. The van der Waals surface area contributed by atoms with Crippen LogP contribution in [0, 0.1) is 0 Å². The predicted molar refractivity (Wildman–Crippen MR) is 130 cm³/mol. The molecule has 1 N–H and O–H groups in total. The summed E-state index contributed by atoms with van der Waals surface area (Å²) in [6.07, 6.45) is 0. The summed E-state index contributed by atoms with van der Waals surface area (Å²) in [5.74, 6) is 0.552. The van der Waals surface area contributed by atoms with E-state index >= 15 is 0 Å². The lowest BCUT2D eigenvalue weighted by molar-refractivity contribution is 0.0733. The van der Waals surface area contributed by atoms with Gasteiger partial charge in [0, 0.05) is 5.69 Å². The van der Waals surface area contributed by atoms with Gasteiger partial charge in [0.1, 0.15) is 12.4 Å². The van der Waals surface area contributed by atoms with Gasteiger partial charge in [0.2, 0.25) is 0 Å². The lowest BCUT2D eigenvalue weighted by Gasteiger charge is -2.12. The second-order valence-corrected chi connectivity index (χ2v) is 7.34. The van der Waals surface area contributed by atoms with Crippen molar-refractivity contribution in [3.8, 4) is 17.2 Å². The smallest absolute Gasteiger partial charge is 0.343 e. The van der Waals surface area contributed by atoms with Crippen LogP contribution in [-0.4, -0.2) is 19.0 Å². The zero-order valence-corrected chi connectivity index (χ0v) is 18.6. The van der Waals surface area contributed by atoms with Gasteiger partial charge in [-0.1, -0.05) is 54.6 Å². The molecule has 1 amide bonds. The largest absolute Gasteiger partial charge is 0.493 e. The van der Waals surface area contributed by atoms with Gasteiger partial charge in [-0.05, 0) is 54.1 Å². The molecule has 4 aromatic carbocycles. The van der Waals surface area contributed by atoms with Crippen LogP contribution in [-0.2, 0) is 6.61 Å². The van der Waals surface area contributed by atoms with Crippen LogP contribution in [0.25, 0.3) is 0 Å². The highest BCUT2D eigenvalue weighted by molar-refractivity contribution is 6.07. The lowest BCUT2D eigenvalue weighted by Crippen LogP contribution is -2.16. The normalized spacial score (nSPS) is 10.3. The maximum Gasteiger partial charge on any atom is 0.343 e. The first-order valence-corrected chi connectivity index (χ1v) is 10.7. The van der Waals surface area contributed by atoms with Gasteiger partial charge in [-0.2, -0.15) is 0 Å². The maximum absolute atomic E-state index is 12.7. The van der Waals surface area contributed by atoms with Crippen LogP contribution < -0.4 is 19.5 Å². The molecule has 0 unspecified atom stereocenters. The number of carbonyl (C=O) groups is 2. The van der Waals surface area contributed by atoms with Crippen LogP contribution in [0.3, 0.4) is 0 Å². The van der Waals surface area contributed by atoms with Gasteiger partial charge < -0.3 is 19.5 Å². The molecule has 0 aliphatic heterocycles.